The first-order chi connectivity index (χ1) is 24.4. The van der Waals surface area contributed by atoms with Gasteiger partial charge in [0.05, 0.1) is 30.3 Å². The van der Waals surface area contributed by atoms with Gasteiger partial charge >= 0.3 is 18.1 Å². The lowest BCUT2D eigenvalue weighted by Gasteiger charge is -2.37. The number of alkyl halides is 3. The number of fused-ring (bicyclic) bond motifs is 1. The van der Waals surface area contributed by atoms with E-state index < -0.39 is 54.5 Å². The van der Waals surface area contributed by atoms with Crippen LogP contribution in [-0.2, 0) is 25.5 Å². The van der Waals surface area contributed by atoms with E-state index in [-0.39, 0.29) is 5.56 Å². The monoisotopic (exact) mass is 702 g/mol. The maximum absolute atomic E-state index is 14.9. The molecule has 10 nitrogen and oxygen atoms in total. The van der Waals surface area contributed by atoms with E-state index in [9.17, 15) is 32.3 Å². The van der Waals surface area contributed by atoms with Crippen molar-refractivity contribution in [2.45, 2.75) is 63.8 Å². The minimum Gasteiger partial charge on any atom is -0.490 e. The summed E-state index contributed by atoms with van der Waals surface area (Å²) in [4.78, 5) is 61.0. The fraction of sp³-hybridized carbons (Fsp3) is 0.289. The molecule has 0 fully saturated rings. The third kappa shape index (κ3) is 8.54. The molecule has 0 saturated carbocycles. The Morgan fingerprint density at radius 3 is 2.25 bits per heavy atom. The number of carbonyl (C=O) groups excluding carboxylic acids is 4. The van der Waals surface area contributed by atoms with Gasteiger partial charge in [-0.2, -0.15) is 13.2 Å². The molecule has 1 aliphatic heterocycles. The quantitative estimate of drug-likeness (QED) is 0.0973. The number of rotatable bonds is 12. The average molecular weight is 703 g/mol. The normalized spacial score (nSPS) is 15.3. The highest BCUT2D eigenvalue weighted by atomic mass is 19.4. The molecule has 3 aromatic carbocycles. The SMILES string of the molecule is CC(C)N1C(=O)C(c2ccccc2)N(C(CC(=O)OC(=O)C(F)(F)F)c2ccccc2)C(=O)c2cc(CCCCOc3cccnc3N)ccc21. The van der Waals surface area contributed by atoms with Crippen molar-refractivity contribution in [1.82, 2.24) is 9.88 Å². The number of nitrogens with zero attached hydrogens (tertiary/aromatic N) is 3. The second-order valence-corrected chi connectivity index (χ2v) is 12.3. The van der Waals surface area contributed by atoms with Crippen LogP contribution < -0.4 is 15.4 Å². The lowest BCUT2D eigenvalue weighted by Crippen LogP contribution is -2.46. The Morgan fingerprint density at radius 2 is 1.61 bits per heavy atom. The second kappa shape index (κ2) is 15.9. The molecular weight excluding hydrogens is 665 g/mol. The Balaban J connectivity index is 1.54. The Morgan fingerprint density at radius 1 is 0.922 bits per heavy atom. The van der Waals surface area contributed by atoms with E-state index in [4.69, 9.17) is 10.5 Å². The number of aryl methyl sites for hydroxylation is 1. The van der Waals surface area contributed by atoms with Crippen LogP contribution in [0.3, 0.4) is 0 Å². The van der Waals surface area contributed by atoms with Crippen LogP contribution in [-0.4, -0.2) is 52.5 Å². The van der Waals surface area contributed by atoms with Crippen LogP contribution in [0, 0.1) is 0 Å². The summed E-state index contributed by atoms with van der Waals surface area (Å²) in [6, 6.07) is 22.3. The number of pyridine rings is 1. The predicted molar refractivity (Wildman–Crippen MR) is 182 cm³/mol. The summed E-state index contributed by atoms with van der Waals surface area (Å²) < 4.78 is 49.1. The molecule has 51 heavy (non-hydrogen) atoms. The van der Waals surface area contributed by atoms with Crippen molar-refractivity contribution < 1.29 is 41.8 Å². The third-order valence-electron chi connectivity index (χ3n) is 8.40. The minimum absolute atomic E-state index is 0.174. The largest absolute Gasteiger partial charge is 0.491 e. The van der Waals surface area contributed by atoms with E-state index >= 15 is 0 Å². The molecule has 0 bridgehead atoms. The molecule has 1 aliphatic rings. The van der Waals surface area contributed by atoms with Crippen LogP contribution in [0.5, 0.6) is 5.75 Å². The summed E-state index contributed by atoms with van der Waals surface area (Å²) in [7, 11) is 0. The third-order valence-corrected chi connectivity index (χ3v) is 8.40. The molecule has 13 heteroatoms. The van der Waals surface area contributed by atoms with E-state index in [1.165, 1.54) is 9.80 Å². The van der Waals surface area contributed by atoms with Gasteiger partial charge in [-0.15, -0.1) is 0 Å². The lowest BCUT2D eigenvalue weighted by atomic mass is 9.95. The Labute approximate surface area is 293 Å². The topological polar surface area (TPSA) is 132 Å². The molecule has 4 aromatic rings. The van der Waals surface area contributed by atoms with Crippen LogP contribution in [0.2, 0.25) is 0 Å². The number of ether oxygens (including phenoxy) is 2. The molecule has 2 amide bonds. The van der Waals surface area contributed by atoms with Gasteiger partial charge in [-0.05, 0) is 74.1 Å². The van der Waals surface area contributed by atoms with Crippen LogP contribution in [0.1, 0.15) is 72.2 Å². The zero-order valence-electron chi connectivity index (χ0n) is 28.0. The van der Waals surface area contributed by atoms with Crippen molar-refractivity contribution >= 4 is 35.3 Å². The first kappa shape index (κ1) is 36.6. The molecule has 0 spiro atoms. The highest BCUT2D eigenvalue weighted by Crippen LogP contribution is 2.42. The number of benzene rings is 3. The highest BCUT2D eigenvalue weighted by molar-refractivity contribution is 6.12. The molecule has 266 valence electrons. The number of aromatic nitrogens is 1. The zero-order valence-corrected chi connectivity index (χ0v) is 28.0. The number of hydrogen-bond donors (Lipinski definition) is 1. The first-order valence-electron chi connectivity index (χ1n) is 16.4. The number of amides is 2. The van der Waals surface area contributed by atoms with Gasteiger partial charge in [0.2, 0.25) is 0 Å². The molecule has 0 saturated heterocycles. The number of esters is 2. The first-order valence-corrected chi connectivity index (χ1v) is 16.4. The average Bonchev–Trinajstić information content (AvgIpc) is 3.19. The number of halogens is 3. The van der Waals surface area contributed by atoms with E-state index in [2.05, 4.69) is 9.72 Å². The molecule has 5 rings (SSSR count). The van der Waals surface area contributed by atoms with Crippen molar-refractivity contribution in [3.63, 3.8) is 0 Å². The number of nitrogen functional groups attached to an aromatic ring is 1. The summed E-state index contributed by atoms with van der Waals surface area (Å²) in [6.45, 7) is 4.00. The molecule has 2 heterocycles. The van der Waals surface area contributed by atoms with Gasteiger partial charge in [0.15, 0.2) is 11.6 Å². The number of anilines is 2. The summed E-state index contributed by atoms with van der Waals surface area (Å²) in [5, 5.41) is 0. The smallest absolute Gasteiger partial charge is 0.490 e. The van der Waals surface area contributed by atoms with E-state index in [1.807, 2.05) is 19.9 Å². The Kier molecular flexibility index (Phi) is 11.4. The van der Waals surface area contributed by atoms with Gasteiger partial charge in [-0.1, -0.05) is 66.7 Å². The number of unbranched alkanes of at least 4 members (excludes halogenated alkanes) is 1. The molecular formula is C38H37F3N4O6. The summed E-state index contributed by atoms with van der Waals surface area (Å²) in [5.41, 5.74) is 7.94. The van der Waals surface area contributed by atoms with Crippen LogP contribution in [0.15, 0.2) is 97.2 Å². The van der Waals surface area contributed by atoms with Crippen molar-refractivity contribution in [1.29, 1.82) is 0 Å². The van der Waals surface area contributed by atoms with Gasteiger partial charge in [-0.3, -0.25) is 14.4 Å². The van der Waals surface area contributed by atoms with Crippen molar-refractivity contribution in [3.05, 3.63) is 119 Å². The van der Waals surface area contributed by atoms with Crippen LogP contribution in [0.4, 0.5) is 24.7 Å². The summed E-state index contributed by atoms with van der Waals surface area (Å²) >= 11 is 0. The van der Waals surface area contributed by atoms with Crippen LogP contribution in [0.25, 0.3) is 0 Å². The van der Waals surface area contributed by atoms with Gasteiger partial charge in [0, 0.05) is 12.2 Å². The molecule has 0 aliphatic carbocycles. The zero-order chi connectivity index (χ0) is 36.7. The maximum Gasteiger partial charge on any atom is 0.491 e. The van der Waals surface area contributed by atoms with E-state index in [1.54, 1.807) is 91.1 Å². The Bertz CT molecular complexity index is 1870. The number of hydrogen-bond acceptors (Lipinski definition) is 8. The standard InChI is InChI=1S/C38H37F3N4O6/c1-24(2)44-29-19-18-25(12-9-10-21-50-31-17-11-20-43-34(31)42)22-28(29)35(47)45(33(36(44)48)27-15-7-4-8-16-27)30(26-13-5-3-6-14-26)23-32(46)51-37(49)38(39,40)41/h3-8,11,13-20,22,24,30,33H,9-10,12,21,23H2,1-2H3,(H2,42,43). The van der Waals surface area contributed by atoms with Gasteiger partial charge < -0.3 is 25.0 Å². The lowest BCUT2D eigenvalue weighted by molar-refractivity contribution is -0.202. The van der Waals surface area contributed by atoms with Crippen LogP contribution >= 0.6 is 0 Å². The molecule has 2 unspecified atom stereocenters. The predicted octanol–water partition coefficient (Wildman–Crippen LogP) is 6.77. The minimum atomic E-state index is -5.41. The van der Waals surface area contributed by atoms with Crippen molar-refractivity contribution in [2.24, 2.45) is 0 Å². The van der Waals surface area contributed by atoms with E-state index in [0.717, 1.165) is 5.56 Å². The molecule has 0 radical (unpaired) electrons. The Hall–Kier alpha value is -5.72. The van der Waals surface area contributed by atoms with Gasteiger partial charge in [0.1, 0.15) is 6.04 Å². The molecule has 2 N–H and O–H groups in total. The van der Waals surface area contributed by atoms with Gasteiger partial charge in [-0.25, -0.2) is 9.78 Å². The summed E-state index contributed by atoms with van der Waals surface area (Å²) in [5.74, 6) is -4.52. The van der Waals surface area contributed by atoms with Crippen molar-refractivity contribution in [2.75, 3.05) is 17.2 Å². The highest BCUT2D eigenvalue weighted by Gasteiger charge is 2.47. The maximum atomic E-state index is 14.9. The molecule has 2 atom stereocenters. The molecule has 1 aromatic heterocycles. The summed E-state index contributed by atoms with van der Waals surface area (Å²) in [6.07, 6.45) is -2.79. The fourth-order valence-electron chi connectivity index (χ4n) is 6.09. The fourth-order valence-corrected chi connectivity index (χ4v) is 6.09. The number of nitrogens with two attached hydrogens (primary N) is 1. The van der Waals surface area contributed by atoms with Gasteiger partial charge in [0.25, 0.3) is 11.8 Å². The second-order valence-electron chi connectivity index (χ2n) is 12.3. The number of carbonyl (C=O) groups is 4. The van der Waals surface area contributed by atoms with E-state index in [0.29, 0.717) is 54.3 Å². The van der Waals surface area contributed by atoms with Crippen molar-refractivity contribution in [3.8, 4) is 5.75 Å².